The number of aromatic amines is 1. The molecule has 1 heterocycles. The van der Waals surface area contributed by atoms with Crippen molar-refractivity contribution < 1.29 is 17.9 Å². The molecule has 3 nitrogen and oxygen atoms in total. The van der Waals surface area contributed by atoms with E-state index < -0.39 is 12.4 Å². The Balaban J connectivity index is 1.87. The Hall–Kier alpha value is -2.47. The van der Waals surface area contributed by atoms with Crippen LogP contribution in [0.4, 0.5) is 13.2 Å². The number of H-pyrrole nitrogens is 1. The van der Waals surface area contributed by atoms with E-state index in [1.54, 1.807) is 0 Å². The summed E-state index contributed by atoms with van der Waals surface area (Å²) in [5.74, 6) is -0.262. The summed E-state index contributed by atoms with van der Waals surface area (Å²) in [4.78, 5) is 3.13. The van der Waals surface area contributed by atoms with Crippen molar-refractivity contribution in [1.29, 1.82) is 0 Å². The molecule has 0 unspecified atom stereocenters. The van der Waals surface area contributed by atoms with Gasteiger partial charge in [-0.2, -0.15) is 0 Å². The predicted octanol–water partition coefficient (Wildman–Crippen LogP) is 4.11. The van der Waals surface area contributed by atoms with Crippen molar-refractivity contribution >= 4 is 10.9 Å². The Labute approximate surface area is 124 Å². The average molecular weight is 306 g/mol. The Morgan fingerprint density at radius 2 is 1.68 bits per heavy atom. The largest absolute Gasteiger partial charge is 0.573 e. The molecule has 3 aromatic rings. The zero-order chi connectivity index (χ0) is 15.7. The fourth-order valence-corrected chi connectivity index (χ4v) is 2.41. The molecule has 0 spiro atoms. The van der Waals surface area contributed by atoms with Crippen LogP contribution in [0.15, 0.2) is 54.7 Å². The van der Waals surface area contributed by atoms with E-state index in [1.165, 1.54) is 24.3 Å². The van der Waals surface area contributed by atoms with E-state index in [0.717, 1.165) is 16.5 Å². The lowest BCUT2D eigenvalue weighted by Gasteiger charge is -2.13. The smallest absolute Gasteiger partial charge is 0.406 e. The third-order valence-corrected chi connectivity index (χ3v) is 3.43. The van der Waals surface area contributed by atoms with Crippen LogP contribution in [0.3, 0.4) is 0 Å². The van der Waals surface area contributed by atoms with Crippen LogP contribution in [0.1, 0.15) is 17.2 Å². The molecule has 1 aromatic heterocycles. The molecule has 3 N–H and O–H groups in total. The molecule has 0 aliphatic carbocycles. The molecule has 2 aromatic carbocycles. The fourth-order valence-electron chi connectivity index (χ4n) is 2.41. The second-order valence-electron chi connectivity index (χ2n) is 4.88. The zero-order valence-corrected chi connectivity index (χ0v) is 11.4. The molecule has 1 atom stereocenters. The van der Waals surface area contributed by atoms with E-state index in [2.05, 4.69) is 9.72 Å². The number of halogens is 3. The summed E-state index contributed by atoms with van der Waals surface area (Å²) >= 11 is 0. The topological polar surface area (TPSA) is 51.0 Å². The van der Waals surface area contributed by atoms with Crippen molar-refractivity contribution in [3.63, 3.8) is 0 Å². The zero-order valence-electron chi connectivity index (χ0n) is 11.4. The van der Waals surface area contributed by atoms with Gasteiger partial charge >= 0.3 is 6.36 Å². The van der Waals surface area contributed by atoms with E-state index >= 15 is 0 Å². The van der Waals surface area contributed by atoms with Gasteiger partial charge in [0.25, 0.3) is 0 Å². The number of hydrogen-bond acceptors (Lipinski definition) is 2. The number of rotatable bonds is 3. The van der Waals surface area contributed by atoms with Gasteiger partial charge in [-0.05, 0) is 29.3 Å². The molecular formula is C16H13F3N2O. The second kappa shape index (κ2) is 5.38. The van der Waals surface area contributed by atoms with Gasteiger partial charge in [0.2, 0.25) is 0 Å². The first-order chi connectivity index (χ1) is 10.4. The minimum absolute atomic E-state index is 0.262. The minimum Gasteiger partial charge on any atom is -0.406 e. The van der Waals surface area contributed by atoms with Gasteiger partial charge in [-0.15, -0.1) is 13.2 Å². The SMILES string of the molecule is N[C@H](c1ccc(OC(F)(F)F)cc1)c1c[nH]c2ccccc12. The maximum absolute atomic E-state index is 12.1. The third-order valence-electron chi connectivity index (χ3n) is 3.43. The van der Waals surface area contributed by atoms with Crippen LogP contribution in [0, 0.1) is 0 Å². The van der Waals surface area contributed by atoms with Gasteiger partial charge in [0.1, 0.15) is 5.75 Å². The van der Waals surface area contributed by atoms with Gasteiger partial charge in [0.05, 0.1) is 6.04 Å². The molecular weight excluding hydrogens is 293 g/mol. The van der Waals surface area contributed by atoms with Gasteiger partial charge < -0.3 is 15.5 Å². The van der Waals surface area contributed by atoms with E-state index in [9.17, 15) is 13.2 Å². The monoisotopic (exact) mass is 306 g/mol. The highest BCUT2D eigenvalue weighted by Gasteiger charge is 2.31. The summed E-state index contributed by atoms with van der Waals surface area (Å²) < 4.78 is 40.3. The maximum atomic E-state index is 12.1. The molecule has 22 heavy (non-hydrogen) atoms. The number of ether oxygens (including phenoxy) is 1. The molecule has 0 bridgehead atoms. The Morgan fingerprint density at radius 3 is 2.36 bits per heavy atom. The highest BCUT2D eigenvalue weighted by Crippen LogP contribution is 2.29. The summed E-state index contributed by atoms with van der Waals surface area (Å²) in [6.45, 7) is 0. The fraction of sp³-hybridized carbons (Fsp3) is 0.125. The van der Waals surface area contributed by atoms with Crippen molar-refractivity contribution in [2.45, 2.75) is 12.4 Å². The van der Waals surface area contributed by atoms with Crippen molar-refractivity contribution in [2.24, 2.45) is 5.73 Å². The number of para-hydroxylation sites is 1. The van der Waals surface area contributed by atoms with E-state index in [0.29, 0.717) is 5.56 Å². The van der Waals surface area contributed by atoms with Crippen molar-refractivity contribution in [3.8, 4) is 5.75 Å². The molecule has 6 heteroatoms. The third kappa shape index (κ3) is 2.92. The van der Waals surface area contributed by atoms with Gasteiger partial charge in [0.15, 0.2) is 0 Å². The molecule has 0 fully saturated rings. The summed E-state index contributed by atoms with van der Waals surface area (Å²) in [5, 5.41) is 0.991. The van der Waals surface area contributed by atoms with Gasteiger partial charge in [-0.1, -0.05) is 30.3 Å². The lowest BCUT2D eigenvalue weighted by atomic mass is 9.99. The number of nitrogens with one attached hydrogen (secondary N) is 1. The van der Waals surface area contributed by atoms with Crippen LogP contribution in [0.25, 0.3) is 10.9 Å². The number of fused-ring (bicyclic) bond motifs is 1. The molecule has 114 valence electrons. The van der Waals surface area contributed by atoms with Crippen LogP contribution >= 0.6 is 0 Å². The quantitative estimate of drug-likeness (QED) is 0.765. The number of benzene rings is 2. The van der Waals surface area contributed by atoms with Gasteiger partial charge in [-0.25, -0.2) is 0 Å². The molecule has 0 amide bonds. The maximum Gasteiger partial charge on any atom is 0.573 e. The number of alkyl halides is 3. The Bertz CT molecular complexity index is 778. The highest BCUT2D eigenvalue weighted by atomic mass is 19.4. The van der Waals surface area contributed by atoms with Crippen LogP contribution in [-0.2, 0) is 0 Å². The van der Waals surface area contributed by atoms with Crippen LogP contribution < -0.4 is 10.5 Å². The molecule has 0 aliphatic rings. The summed E-state index contributed by atoms with van der Waals surface area (Å²) in [6.07, 6.45) is -2.88. The lowest BCUT2D eigenvalue weighted by molar-refractivity contribution is -0.274. The van der Waals surface area contributed by atoms with Crippen LogP contribution in [-0.4, -0.2) is 11.3 Å². The van der Waals surface area contributed by atoms with Crippen molar-refractivity contribution in [1.82, 2.24) is 4.98 Å². The first kappa shape index (κ1) is 14.5. The van der Waals surface area contributed by atoms with Crippen LogP contribution in [0.5, 0.6) is 5.75 Å². The molecule has 0 radical (unpaired) electrons. The standard InChI is InChI=1S/C16H13F3N2O/c17-16(18,19)22-11-7-5-10(6-8-11)15(20)13-9-21-14-4-2-1-3-12(13)14/h1-9,15,21H,20H2/t15-/m1/s1. The van der Waals surface area contributed by atoms with E-state index in [1.807, 2.05) is 30.5 Å². The minimum atomic E-state index is -4.69. The van der Waals surface area contributed by atoms with Crippen LogP contribution in [0.2, 0.25) is 0 Å². The Kier molecular flexibility index (Phi) is 3.54. The van der Waals surface area contributed by atoms with Crippen molar-refractivity contribution in [3.05, 3.63) is 65.9 Å². The first-order valence-electron chi connectivity index (χ1n) is 6.61. The lowest BCUT2D eigenvalue weighted by Crippen LogP contribution is -2.17. The van der Waals surface area contributed by atoms with E-state index in [-0.39, 0.29) is 5.75 Å². The summed E-state index contributed by atoms with van der Waals surface area (Å²) in [6, 6.07) is 12.9. The number of hydrogen-bond donors (Lipinski definition) is 2. The molecule has 0 saturated carbocycles. The molecule has 0 aliphatic heterocycles. The first-order valence-corrected chi connectivity index (χ1v) is 6.61. The normalized spacial score (nSPS) is 13.3. The average Bonchev–Trinajstić information content (AvgIpc) is 2.89. The van der Waals surface area contributed by atoms with Crippen molar-refractivity contribution in [2.75, 3.05) is 0 Å². The molecule has 0 saturated heterocycles. The number of aromatic nitrogens is 1. The summed E-state index contributed by atoms with van der Waals surface area (Å²) in [7, 11) is 0. The predicted molar refractivity (Wildman–Crippen MR) is 77.5 cm³/mol. The van der Waals surface area contributed by atoms with Gasteiger partial charge in [-0.3, -0.25) is 0 Å². The summed E-state index contributed by atoms with van der Waals surface area (Å²) in [5.41, 5.74) is 8.78. The molecule has 3 rings (SSSR count). The number of nitrogens with two attached hydrogens (primary N) is 1. The second-order valence-corrected chi connectivity index (χ2v) is 4.88. The van der Waals surface area contributed by atoms with E-state index in [4.69, 9.17) is 5.73 Å². The van der Waals surface area contributed by atoms with Gasteiger partial charge in [0, 0.05) is 17.1 Å². The highest BCUT2D eigenvalue weighted by molar-refractivity contribution is 5.84. The Morgan fingerprint density at radius 1 is 1.00 bits per heavy atom.